The maximum atomic E-state index is 13.8. The Hall–Kier alpha value is -0.450. The maximum absolute atomic E-state index is 13.8. The zero-order chi connectivity index (χ0) is 13.9. The van der Waals surface area contributed by atoms with Crippen LogP contribution in [-0.4, -0.2) is 25.8 Å². The predicted octanol–water partition coefficient (Wildman–Crippen LogP) is 3.68. The molecule has 0 aliphatic heterocycles. The minimum Gasteiger partial charge on any atom is -0.378 e. The fourth-order valence-electron chi connectivity index (χ4n) is 2.75. The second-order valence-corrected chi connectivity index (χ2v) is 6.29. The zero-order valence-corrected chi connectivity index (χ0v) is 13.1. The van der Waals surface area contributed by atoms with E-state index in [1.54, 1.807) is 13.2 Å². The molecule has 0 saturated heterocycles. The van der Waals surface area contributed by atoms with Gasteiger partial charge >= 0.3 is 0 Å². The van der Waals surface area contributed by atoms with Crippen molar-refractivity contribution in [3.05, 3.63) is 34.1 Å². The first kappa shape index (κ1) is 14.9. The van der Waals surface area contributed by atoms with Crippen molar-refractivity contribution in [2.24, 2.45) is 0 Å². The summed E-state index contributed by atoms with van der Waals surface area (Å²) in [6, 6.07) is 5.35. The molecular weight excluding hydrogens is 309 g/mol. The van der Waals surface area contributed by atoms with E-state index in [0.29, 0.717) is 6.42 Å². The molecular formula is C15H21BrFNO. The van der Waals surface area contributed by atoms with E-state index in [9.17, 15) is 4.39 Å². The van der Waals surface area contributed by atoms with Crippen LogP contribution in [0.3, 0.4) is 0 Å². The van der Waals surface area contributed by atoms with E-state index in [-0.39, 0.29) is 17.5 Å². The normalized spacial score (nSPS) is 18.9. The van der Waals surface area contributed by atoms with Crippen molar-refractivity contribution in [1.82, 2.24) is 5.32 Å². The molecule has 1 N–H and O–H groups in total. The topological polar surface area (TPSA) is 21.3 Å². The summed E-state index contributed by atoms with van der Waals surface area (Å²) in [5, 5.41) is 3.29. The number of hydrogen-bond donors (Lipinski definition) is 1. The quantitative estimate of drug-likeness (QED) is 0.859. The Morgan fingerprint density at radius 3 is 2.74 bits per heavy atom. The molecule has 2 rings (SSSR count). The lowest BCUT2D eigenvalue weighted by molar-refractivity contribution is -0.0830. The Kier molecular flexibility index (Phi) is 4.98. The van der Waals surface area contributed by atoms with E-state index < -0.39 is 0 Å². The number of hydrogen-bond acceptors (Lipinski definition) is 2. The molecule has 0 radical (unpaired) electrons. The van der Waals surface area contributed by atoms with E-state index in [1.807, 2.05) is 13.1 Å². The molecule has 0 aromatic heterocycles. The number of rotatable bonds is 6. The SMILES string of the molecule is CNC(Cc1cc(Br)ccc1F)CC1(OC)CCC1. The van der Waals surface area contributed by atoms with Gasteiger partial charge in [-0.3, -0.25) is 0 Å². The van der Waals surface area contributed by atoms with Gasteiger partial charge in [0.25, 0.3) is 0 Å². The summed E-state index contributed by atoms with van der Waals surface area (Å²) in [5.41, 5.74) is 0.759. The third-order valence-electron chi connectivity index (χ3n) is 4.20. The number of halogens is 2. The largest absolute Gasteiger partial charge is 0.378 e. The number of methoxy groups -OCH3 is 1. The summed E-state index contributed by atoms with van der Waals surface area (Å²) in [6.07, 6.45) is 5.08. The molecule has 1 aliphatic carbocycles. The van der Waals surface area contributed by atoms with Crippen molar-refractivity contribution >= 4 is 15.9 Å². The van der Waals surface area contributed by atoms with E-state index in [4.69, 9.17) is 4.74 Å². The Balaban J connectivity index is 2.04. The highest BCUT2D eigenvalue weighted by molar-refractivity contribution is 9.10. The van der Waals surface area contributed by atoms with Gasteiger partial charge in [0.15, 0.2) is 0 Å². The molecule has 19 heavy (non-hydrogen) atoms. The minimum absolute atomic E-state index is 0.0101. The average molecular weight is 330 g/mol. The summed E-state index contributed by atoms with van der Waals surface area (Å²) >= 11 is 3.40. The first-order chi connectivity index (χ1) is 9.08. The van der Waals surface area contributed by atoms with Gasteiger partial charge in [-0.05, 0) is 62.9 Å². The van der Waals surface area contributed by atoms with E-state index in [1.165, 1.54) is 12.5 Å². The second kappa shape index (κ2) is 6.33. The minimum atomic E-state index is -0.136. The molecule has 106 valence electrons. The summed E-state index contributed by atoms with van der Waals surface area (Å²) in [6.45, 7) is 0. The van der Waals surface area contributed by atoms with Crippen LogP contribution < -0.4 is 5.32 Å². The lowest BCUT2D eigenvalue weighted by Gasteiger charge is -2.42. The third kappa shape index (κ3) is 3.56. The van der Waals surface area contributed by atoms with Crippen LogP contribution in [0.25, 0.3) is 0 Å². The fourth-order valence-corrected chi connectivity index (χ4v) is 3.16. The smallest absolute Gasteiger partial charge is 0.126 e. The fraction of sp³-hybridized carbons (Fsp3) is 0.600. The van der Waals surface area contributed by atoms with Gasteiger partial charge in [-0.1, -0.05) is 15.9 Å². The average Bonchev–Trinajstić information content (AvgIpc) is 2.36. The van der Waals surface area contributed by atoms with Gasteiger partial charge < -0.3 is 10.1 Å². The highest BCUT2D eigenvalue weighted by Gasteiger charge is 2.38. The molecule has 0 bridgehead atoms. The van der Waals surface area contributed by atoms with Crippen molar-refractivity contribution in [1.29, 1.82) is 0 Å². The monoisotopic (exact) mass is 329 g/mol. The lowest BCUT2D eigenvalue weighted by atomic mass is 9.75. The van der Waals surface area contributed by atoms with Crippen LogP contribution in [0.5, 0.6) is 0 Å². The summed E-state index contributed by atoms with van der Waals surface area (Å²) in [4.78, 5) is 0. The Morgan fingerprint density at radius 1 is 1.47 bits per heavy atom. The summed E-state index contributed by atoms with van der Waals surface area (Å²) in [7, 11) is 3.72. The Morgan fingerprint density at radius 2 is 2.21 bits per heavy atom. The highest BCUT2D eigenvalue weighted by atomic mass is 79.9. The standard InChI is InChI=1S/C15H21BrFNO/c1-18-13(10-15(19-2)6-3-7-15)9-11-8-12(16)4-5-14(11)17/h4-5,8,13,18H,3,6-7,9-10H2,1-2H3. The third-order valence-corrected chi connectivity index (χ3v) is 4.69. The molecule has 0 amide bonds. The molecule has 1 fully saturated rings. The highest BCUT2D eigenvalue weighted by Crippen LogP contribution is 2.39. The Bertz CT molecular complexity index is 429. The molecule has 1 atom stereocenters. The van der Waals surface area contributed by atoms with Gasteiger partial charge in [-0.25, -0.2) is 4.39 Å². The van der Waals surface area contributed by atoms with Gasteiger partial charge in [0.05, 0.1) is 5.60 Å². The number of ether oxygens (including phenoxy) is 1. The molecule has 0 heterocycles. The first-order valence-corrected chi connectivity index (χ1v) is 7.54. The first-order valence-electron chi connectivity index (χ1n) is 6.75. The predicted molar refractivity (Wildman–Crippen MR) is 78.9 cm³/mol. The molecule has 1 saturated carbocycles. The van der Waals surface area contributed by atoms with Crippen molar-refractivity contribution in [3.8, 4) is 0 Å². The van der Waals surface area contributed by atoms with Crippen molar-refractivity contribution in [3.63, 3.8) is 0 Å². The second-order valence-electron chi connectivity index (χ2n) is 5.37. The summed E-state index contributed by atoms with van der Waals surface area (Å²) < 4.78 is 20.4. The van der Waals surface area contributed by atoms with Crippen LogP contribution >= 0.6 is 15.9 Å². The van der Waals surface area contributed by atoms with Crippen molar-refractivity contribution in [2.75, 3.05) is 14.2 Å². The zero-order valence-electron chi connectivity index (χ0n) is 11.5. The van der Waals surface area contributed by atoms with E-state index >= 15 is 0 Å². The van der Waals surface area contributed by atoms with Gasteiger partial charge in [0, 0.05) is 17.6 Å². The van der Waals surface area contributed by atoms with E-state index in [0.717, 1.165) is 29.3 Å². The molecule has 0 spiro atoms. The van der Waals surface area contributed by atoms with Crippen LogP contribution in [0, 0.1) is 5.82 Å². The number of likely N-dealkylation sites (N-methyl/N-ethyl adjacent to an activating group) is 1. The molecule has 2 nitrogen and oxygen atoms in total. The van der Waals surface area contributed by atoms with Gasteiger partial charge in [-0.2, -0.15) is 0 Å². The Labute approximate surface area is 122 Å². The molecule has 4 heteroatoms. The van der Waals surface area contributed by atoms with Crippen LogP contribution in [0.2, 0.25) is 0 Å². The van der Waals surface area contributed by atoms with Crippen molar-refractivity contribution < 1.29 is 9.13 Å². The maximum Gasteiger partial charge on any atom is 0.126 e. The summed E-state index contributed by atoms with van der Waals surface area (Å²) in [5.74, 6) is -0.136. The van der Waals surface area contributed by atoms with Crippen LogP contribution in [0.4, 0.5) is 4.39 Å². The van der Waals surface area contributed by atoms with E-state index in [2.05, 4.69) is 21.2 Å². The number of nitrogens with one attached hydrogen (secondary N) is 1. The lowest BCUT2D eigenvalue weighted by Crippen LogP contribution is -2.45. The molecule has 1 aliphatic rings. The van der Waals surface area contributed by atoms with Crippen LogP contribution in [0.15, 0.2) is 22.7 Å². The molecule has 1 aromatic rings. The molecule has 1 aromatic carbocycles. The van der Waals surface area contributed by atoms with Crippen LogP contribution in [0.1, 0.15) is 31.2 Å². The van der Waals surface area contributed by atoms with Gasteiger partial charge in [-0.15, -0.1) is 0 Å². The van der Waals surface area contributed by atoms with Gasteiger partial charge in [0.1, 0.15) is 5.82 Å². The number of benzene rings is 1. The molecule has 1 unspecified atom stereocenters. The van der Waals surface area contributed by atoms with Crippen molar-refractivity contribution in [2.45, 2.75) is 43.7 Å². The van der Waals surface area contributed by atoms with Gasteiger partial charge in [0.2, 0.25) is 0 Å². The van der Waals surface area contributed by atoms with Crippen LogP contribution in [-0.2, 0) is 11.2 Å².